The first-order valence-corrected chi connectivity index (χ1v) is 6.59. The minimum absolute atomic E-state index is 0.115. The molecule has 1 heterocycles. The highest BCUT2D eigenvalue weighted by atomic mass is 16.6. The maximum absolute atomic E-state index is 10.8. The van der Waals surface area contributed by atoms with Gasteiger partial charge in [-0.3, -0.25) is 10.1 Å². The quantitative estimate of drug-likeness (QED) is 0.617. The zero-order valence-corrected chi connectivity index (χ0v) is 11.0. The van der Waals surface area contributed by atoms with Gasteiger partial charge in [0.2, 0.25) is 0 Å². The van der Waals surface area contributed by atoms with Crippen LogP contribution in [0.5, 0.6) is 0 Å². The average molecular weight is 259 g/mol. The van der Waals surface area contributed by atoms with Gasteiger partial charge in [-0.1, -0.05) is 13.3 Å². The summed E-state index contributed by atoms with van der Waals surface area (Å²) in [5.74, 6) is 0.675. The number of nitrogens with zero attached hydrogens (tertiary/aromatic N) is 3. The maximum atomic E-state index is 10.8. The van der Waals surface area contributed by atoms with Crippen LogP contribution in [0.2, 0.25) is 0 Å². The first-order valence-electron chi connectivity index (χ1n) is 6.59. The Morgan fingerprint density at radius 1 is 1.58 bits per heavy atom. The summed E-state index contributed by atoms with van der Waals surface area (Å²) in [4.78, 5) is 12.5. The zero-order chi connectivity index (χ0) is 13.8. The molecule has 0 aromatic heterocycles. The predicted molar refractivity (Wildman–Crippen MR) is 73.0 cm³/mol. The summed E-state index contributed by atoms with van der Waals surface area (Å²) in [6, 6.07) is 6.73. The molecule has 0 bridgehead atoms. The molecule has 1 saturated heterocycles. The Hall–Kier alpha value is -2.09. The number of nitro benzene ring substituents is 1. The average Bonchev–Trinajstić information content (AvgIpc) is 2.46. The number of anilines is 1. The molecule has 5 heteroatoms. The van der Waals surface area contributed by atoms with Crippen molar-refractivity contribution in [3.63, 3.8) is 0 Å². The zero-order valence-electron chi connectivity index (χ0n) is 11.0. The van der Waals surface area contributed by atoms with Gasteiger partial charge in [-0.15, -0.1) is 0 Å². The molecular weight excluding hydrogens is 242 g/mol. The van der Waals surface area contributed by atoms with Crippen molar-refractivity contribution in [2.45, 2.75) is 26.2 Å². The van der Waals surface area contributed by atoms with E-state index in [1.807, 2.05) is 6.07 Å². The van der Waals surface area contributed by atoms with E-state index >= 15 is 0 Å². The van der Waals surface area contributed by atoms with Gasteiger partial charge < -0.3 is 4.90 Å². The number of hydrogen-bond donors (Lipinski definition) is 0. The fourth-order valence-electron chi connectivity index (χ4n) is 2.60. The van der Waals surface area contributed by atoms with E-state index in [-0.39, 0.29) is 11.3 Å². The molecule has 0 N–H and O–H groups in total. The van der Waals surface area contributed by atoms with E-state index in [2.05, 4.69) is 11.8 Å². The van der Waals surface area contributed by atoms with Crippen LogP contribution < -0.4 is 4.90 Å². The Bertz CT molecular complexity index is 522. The summed E-state index contributed by atoms with van der Waals surface area (Å²) in [6.45, 7) is 4.11. The summed E-state index contributed by atoms with van der Waals surface area (Å²) in [7, 11) is 0. The van der Waals surface area contributed by atoms with Gasteiger partial charge in [-0.25, -0.2) is 0 Å². The number of nitro groups is 1. The molecule has 1 aliphatic heterocycles. The van der Waals surface area contributed by atoms with E-state index in [9.17, 15) is 10.1 Å². The Morgan fingerprint density at radius 2 is 2.37 bits per heavy atom. The molecule has 1 aliphatic rings. The van der Waals surface area contributed by atoms with Crippen LogP contribution in [0.15, 0.2) is 18.2 Å². The fourth-order valence-corrected chi connectivity index (χ4v) is 2.60. The third kappa shape index (κ3) is 2.84. The van der Waals surface area contributed by atoms with Gasteiger partial charge in [0.05, 0.1) is 4.92 Å². The molecule has 100 valence electrons. The van der Waals surface area contributed by atoms with Crippen molar-refractivity contribution < 1.29 is 4.92 Å². The minimum atomic E-state index is -0.507. The van der Waals surface area contributed by atoms with Gasteiger partial charge in [0, 0.05) is 24.8 Å². The molecule has 1 aromatic carbocycles. The highest BCUT2D eigenvalue weighted by molar-refractivity contribution is 5.60. The van der Waals surface area contributed by atoms with Crippen LogP contribution in [-0.2, 0) is 0 Å². The van der Waals surface area contributed by atoms with Crippen molar-refractivity contribution in [2.24, 2.45) is 5.92 Å². The van der Waals surface area contributed by atoms with Crippen molar-refractivity contribution in [3.05, 3.63) is 33.9 Å². The predicted octanol–water partition coefficient (Wildman–Crippen LogP) is 3.09. The van der Waals surface area contributed by atoms with Gasteiger partial charge in [0.25, 0.3) is 5.69 Å². The van der Waals surface area contributed by atoms with Crippen molar-refractivity contribution in [1.29, 1.82) is 5.26 Å². The first kappa shape index (κ1) is 13.3. The Labute approximate surface area is 112 Å². The highest BCUT2D eigenvalue weighted by Crippen LogP contribution is 2.28. The number of nitriles is 1. The van der Waals surface area contributed by atoms with E-state index in [1.165, 1.54) is 12.5 Å². The van der Waals surface area contributed by atoms with Crippen LogP contribution in [0, 0.1) is 27.4 Å². The van der Waals surface area contributed by atoms with E-state index in [0.29, 0.717) is 5.92 Å². The van der Waals surface area contributed by atoms with Gasteiger partial charge in [-0.2, -0.15) is 5.26 Å². The molecule has 1 unspecified atom stereocenters. The molecule has 1 fully saturated rings. The number of benzene rings is 1. The van der Waals surface area contributed by atoms with Gasteiger partial charge in [0.1, 0.15) is 11.6 Å². The monoisotopic (exact) mass is 259 g/mol. The normalized spacial score (nSPS) is 18.9. The summed E-state index contributed by atoms with van der Waals surface area (Å²) in [6.07, 6.45) is 3.52. The minimum Gasteiger partial charge on any atom is -0.371 e. The molecule has 0 saturated carbocycles. The second kappa shape index (κ2) is 5.70. The Balaban J connectivity index is 2.26. The first-order chi connectivity index (χ1) is 9.15. The van der Waals surface area contributed by atoms with Gasteiger partial charge in [0.15, 0.2) is 0 Å². The van der Waals surface area contributed by atoms with Crippen LogP contribution in [0.4, 0.5) is 11.4 Å². The van der Waals surface area contributed by atoms with Crippen LogP contribution in [0.25, 0.3) is 0 Å². The lowest BCUT2D eigenvalue weighted by Crippen LogP contribution is -2.35. The third-order valence-corrected chi connectivity index (χ3v) is 3.76. The molecule has 0 amide bonds. The second-order valence-electron chi connectivity index (χ2n) is 4.93. The second-order valence-corrected chi connectivity index (χ2v) is 4.93. The molecule has 1 atom stereocenters. The number of piperidine rings is 1. The van der Waals surface area contributed by atoms with E-state index in [1.54, 1.807) is 12.1 Å². The molecular formula is C14H17N3O2. The van der Waals surface area contributed by atoms with Gasteiger partial charge in [-0.05, 0) is 30.9 Å². The molecule has 5 nitrogen and oxygen atoms in total. The molecule has 1 aromatic rings. The standard InChI is InChI=1S/C14H17N3O2/c1-2-11-4-3-7-16(10-11)13-5-6-14(17(18)19)12(8-13)9-15/h5-6,8,11H,2-4,7,10H2,1H3. The van der Waals surface area contributed by atoms with Crippen molar-refractivity contribution >= 4 is 11.4 Å². The van der Waals surface area contributed by atoms with E-state index < -0.39 is 4.92 Å². The van der Waals surface area contributed by atoms with Crippen molar-refractivity contribution in [2.75, 3.05) is 18.0 Å². The smallest absolute Gasteiger partial charge is 0.287 e. The molecule has 19 heavy (non-hydrogen) atoms. The van der Waals surface area contributed by atoms with E-state index in [4.69, 9.17) is 5.26 Å². The van der Waals surface area contributed by atoms with Crippen molar-refractivity contribution in [3.8, 4) is 6.07 Å². The molecule has 0 radical (unpaired) electrons. The lowest BCUT2D eigenvalue weighted by atomic mass is 9.95. The molecule has 2 rings (SSSR count). The summed E-state index contributed by atoms with van der Waals surface area (Å²) >= 11 is 0. The Morgan fingerprint density at radius 3 is 3.00 bits per heavy atom. The summed E-state index contributed by atoms with van der Waals surface area (Å²) < 4.78 is 0. The number of hydrogen-bond acceptors (Lipinski definition) is 4. The van der Waals surface area contributed by atoms with E-state index in [0.717, 1.165) is 31.6 Å². The Kier molecular flexibility index (Phi) is 4.00. The van der Waals surface area contributed by atoms with Crippen LogP contribution >= 0.6 is 0 Å². The maximum Gasteiger partial charge on any atom is 0.287 e. The largest absolute Gasteiger partial charge is 0.371 e. The number of rotatable bonds is 3. The van der Waals surface area contributed by atoms with Crippen LogP contribution in [0.3, 0.4) is 0 Å². The van der Waals surface area contributed by atoms with Crippen LogP contribution in [-0.4, -0.2) is 18.0 Å². The lowest BCUT2D eigenvalue weighted by molar-refractivity contribution is -0.385. The third-order valence-electron chi connectivity index (χ3n) is 3.76. The summed E-state index contributed by atoms with van der Waals surface area (Å²) in [5.41, 5.74) is 0.941. The topological polar surface area (TPSA) is 70.2 Å². The summed E-state index contributed by atoms with van der Waals surface area (Å²) in [5, 5.41) is 19.8. The highest BCUT2D eigenvalue weighted by Gasteiger charge is 2.21. The fraction of sp³-hybridized carbons (Fsp3) is 0.500. The SMILES string of the molecule is CCC1CCCN(c2ccc([N+](=O)[O-])c(C#N)c2)C1. The van der Waals surface area contributed by atoms with Crippen LogP contribution in [0.1, 0.15) is 31.7 Å². The van der Waals surface area contributed by atoms with Gasteiger partial charge >= 0.3 is 0 Å². The lowest BCUT2D eigenvalue weighted by Gasteiger charge is -2.34. The molecule has 0 aliphatic carbocycles. The van der Waals surface area contributed by atoms with Crippen molar-refractivity contribution in [1.82, 2.24) is 0 Å². The molecule has 0 spiro atoms.